The summed E-state index contributed by atoms with van der Waals surface area (Å²) in [5, 5.41) is 6.44. The number of anilines is 2. The van der Waals surface area contributed by atoms with Crippen molar-refractivity contribution in [2.24, 2.45) is 0 Å². The molecule has 1 atom stereocenters. The molecule has 7 heteroatoms. The molecule has 2 aliphatic rings. The van der Waals surface area contributed by atoms with Gasteiger partial charge in [0.2, 0.25) is 0 Å². The summed E-state index contributed by atoms with van der Waals surface area (Å²) in [7, 11) is 0. The van der Waals surface area contributed by atoms with E-state index in [0.717, 1.165) is 59.0 Å². The smallest absolute Gasteiger partial charge is 0.255 e. The number of H-pyrrole nitrogens is 1. The summed E-state index contributed by atoms with van der Waals surface area (Å²) in [5.74, 6) is 0.694. The summed E-state index contributed by atoms with van der Waals surface area (Å²) in [6.45, 7) is 2.30. The van der Waals surface area contributed by atoms with Gasteiger partial charge in [0.1, 0.15) is 17.3 Å². The van der Waals surface area contributed by atoms with Crippen molar-refractivity contribution < 1.29 is 9.59 Å². The summed E-state index contributed by atoms with van der Waals surface area (Å²) in [6, 6.07) is 44.3. The fraction of sp³-hybridized carbons (Fsp3) is 0.146. The Morgan fingerprint density at radius 1 is 0.792 bits per heavy atom. The fourth-order valence-corrected chi connectivity index (χ4v) is 7.30. The number of hydrogen-bond acceptors (Lipinski definition) is 5. The standard InChI is InChI=1S/C41H35N5O2/c47-38-34-21-20-29(25-36(34)46-23-11-22-42-27-37(38)46)39(48)44-33-19-10-12-28(24-33)35-26-43-40(45-35)41(30-13-4-1-5-14-30,31-15-6-2-7-16-31)32-17-8-3-9-18-32/h1-10,12-21,24-26,37,42H,11,22-23,27H2,(H,43,45)(H,44,48). The minimum atomic E-state index is -0.689. The van der Waals surface area contributed by atoms with Crippen molar-refractivity contribution in [3.8, 4) is 11.3 Å². The van der Waals surface area contributed by atoms with Crippen LogP contribution in [-0.2, 0) is 5.41 Å². The van der Waals surface area contributed by atoms with Gasteiger partial charge in [0.15, 0.2) is 5.78 Å². The molecule has 3 N–H and O–H groups in total. The van der Waals surface area contributed by atoms with Crippen molar-refractivity contribution in [3.05, 3.63) is 173 Å². The number of carbonyl (C=O) groups excluding carboxylic acids is 2. The van der Waals surface area contributed by atoms with Crippen molar-refractivity contribution in [2.75, 3.05) is 29.9 Å². The van der Waals surface area contributed by atoms with Crippen LogP contribution in [0.1, 0.15) is 49.7 Å². The number of hydrogen-bond donors (Lipinski definition) is 3. The predicted molar refractivity (Wildman–Crippen MR) is 190 cm³/mol. The summed E-state index contributed by atoms with van der Waals surface area (Å²) in [4.78, 5) is 37.4. The van der Waals surface area contributed by atoms with Crippen LogP contribution in [0, 0.1) is 0 Å². The average molecular weight is 630 g/mol. The first kappa shape index (κ1) is 29.6. The van der Waals surface area contributed by atoms with Crippen LogP contribution in [0.15, 0.2) is 140 Å². The number of nitrogens with zero attached hydrogens (tertiary/aromatic N) is 2. The molecule has 0 bridgehead atoms. The SMILES string of the molecule is O=C(Nc1cccc(-c2cnc(C(c3ccccc3)(c3ccccc3)c3ccccc3)[nH]2)c1)c1ccc2c(c1)N1CCCNCC1C2=O. The minimum absolute atomic E-state index is 0.119. The van der Waals surface area contributed by atoms with Gasteiger partial charge in [-0.2, -0.15) is 0 Å². The minimum Gasteiger partial charge on any atom is -0.359 e. The van der Waals surface area contributed by atoms with Crippen LogP contribution in [0.3, 0.4) is 0 Å². The van der Waals surface area contributed by atoms with E-state index in [-0.39, 0.29) is 17.7 Å². The third-order valence-corrected chi connectivity index (χ3v) is 9.59. The Kier molecular flexibility index (Phi) is 7.67. The Morgan fingerprint density at radius 3 is 2.12 bits per heavy atom. The van der Waals surface area contributed by atoms with Crippen LogP contribution in [0.2, 0.25) is 0 Å². The predicted octanol–water partition coefficient (Wildman–Crippen LogP) is 7.08. The average Bonchev–Trinajstić information content (AvgIpc) is 3.63. The van der Waals surface area contributed by atoms with Gasteiger partial charge in [0, 0.05) is 41.2 Å². The zero-order chi connectivity index (χ0) is 32.5. The largest absolute Gasteiger partial charge is 0.359 e. The number of imidazole rings is 1. The number of nitrogens with one attached hydrogen (secondary N) is 3. The number of aromatic amines is 1. The highest BCUT2D eigenvalue weighted by Gasteiger charge is 2.41. The normalized spacial score (nSPS) is 15.8. The van der Waals surface area contributed by atoms with Gasteiger partial charge in [0.25, 0.3) is 5.91 Å². The number of fused-ring (bicyclic) bond motifs is 3. The van der Waals surface area contributed by atoms with E-state index in [9.17, 15) is 9.59 Å². The van der Waals surface area contributed by atoms with Crippen LogP contribution in [-0.4, -0.2) is 47.3 Å². The van der Waals surface area contributed by atoms with Crippen LogP contribution in [0.25, 0.3) is 11.3 Å². The molecule has 48 heavy (non-hydrogen) atoms. The lowest BCUT2D eigenvalue weighted by Gasteiger charge is -2.34. The topological polar surface area (TPSA) is 90.1 Å². The lowest BCUT2D eigenvalue weighted by atomic mass is 9.69. The molecule has 2 aliphatic heterocycles. The molecule has 0 spiro atoms. The second kappa shape index (κ2) is 12.4. The number of ketones is 1. The molecule has 3 heterocycles. The zero-order valence-corrected chi connectivity index (χ0v) is 26.4. The molecule has 7 nitrogen and oxygen atoms in total. The van der Waals surface area contributed by atoms with E-state index < -0.39 is 5.41 Å². The number of aromatic nitrogens is 2. The molecule has 8 rings (SSSR count). The van der Waals surface area contributed by atoms with Crippen LogP contribution in [0.5, 0.6) is 0 Å². The van der Waals surface area contributed by atoms with E-state index in [2.05, 4.69) is 93.3 Å². The first-order valence-corrected chi connectivity index (χ1v) is 16.4. The molecule has 1 saturated heterocycles. The number of carbonyl (C=O) groups is 2. The highest BCUT2D eigenvalue weighted by Crippen LogP contribution is 2.44. The van der Waals surface area contributed by atoms with Gasteiger partial charge in [-0.25, -0.2) is 4.98 Å². The highest BCUT2D eigenvalue weighted by atomic mass is 16.1. The summed E-state index contributed by atoms with van der Waals surface area (Å²) < 4.78 is 0. The quantitative estimate of drug-likeness (QED) is 0.164. The summed E-state index contributed by atoms with van der Waals surface area (Å²) in [6.07, 6.45) is 2.81. The zero-order valence-electron chi connectivity index (χ0n) is 26.4. The van der Waals surface area contributed by atoms with Crippen molar-refractivity contribution in [1.82, 2.24) is 15.3 Å². The fourth-order valence-electron chi connectivity index (χ4n) is 7.30. The first-order chi connectivity index (χ1) is 23.6. The van der Waals surface area contributed by atoms with Crippen LogP contribution >= 0.6 is 0 Å². The van der Waals surface area contributed by atoms with E-state index in [1.54, 1.807) is 12.1 Å². The first-order valence-electron chi connectivity index (χ1n) is 16.4. The van der Waals surface area contributed by atoms with Gasteiger partial charge in [-0.1, -0.05) is 103 Å². The van der Waals surface area contributed by atoms with Gasteiger partial charge in [-0.05, 0) is 60.0 Å². The molecule has 0 radical (unpaired) electrons. The molecule has 6 aromatic rings. The van der Waals surface area contributed by atoms with E-state index in [0.29, 0.717) is 23.4 Å². The van der Waals surface area contributed by atoms with Crippen LogP contribution < -0.4 is 15.5 Å². The summed E-state index contributed by atoms with van der Waals surface area (Å²) in [5.41, 5.74) is 7.07. The van der Waals surface area contributed by atoms with E-state index >= 15 is 0 Å². The third-order valence-electron chi connectivity index (χ3n) is 9.59. The maximum atomic E-state index is 13.5. The van der Waals surface area contributed by atoms with Crippen molar-refractivity contribution in [3.63, 3.8) is 0 Å². The maximum Gasteiger partial charge on any atom is 0.255 e. The van der Waals surface area contributed by atoms with Gasteiger partial charge in [0.05, 0.1) is 11.9 Å². The second-order valence-electron chi connectivity index (χ2n) is 12.4. The highest BCUT2D eigenvalue weighted by molar-refractivity contribution is 6.13. The van der Waals surface area contributed by atoms with E-state index in [4.69, 9.17) is 4.98 Å². The molecule has 1 amide bonds. The molecule has 5 aromatic carbocycles. The molecule has 236 valence electrons. The van der Waals surface area contributed by atoms with Crippen LogP contribution in [0.4, 0.5) is 11.4 Å². The molecule has 1 fully saturated rings. The van der Waals surface area contributed by atoms with Gasteiger partial charge < -0.3 is 20.5 Å². The Labute approximate surface area is 279 Å². The monoisotopic (exact) mass is 629 g/mol. The van der Waals surface area contributed by atoms with E-state index in [1.165, 1.54) is 0 Å². The van der Waals surface area contributed by atoms with Crippen molar-refractivity contribution in [1.29, 1.82) is 0 Å². The Morgan fingerprint density at radius 2 is 1.46 bits per heavy atom. The number of amides is 1. The number of rotatable bonds is 7. The Balaban J connectivity index is 1.12. The molecular weight excluding hydrogens is 594 g/mol. The molecule has 1 unspecified atom stereocenters. The lowest BCUT2D eigenvalue weighted by molar-refractivity contribution is 0.0970. The second-order valence-corrected chi connectivity index (χ2v) is 12.4. The van der Waals surface area contributed by atoms with Crippen molar-refractivity contribution >= 4 is 23.1 Å². The van der Waals surface area contributed by atoms with Gasteiger partial charge in [-0.3, -0.25) is 9.59 Å². The Hall–Kier alpha value is -5.79. The Bertz CT molecular complexity index is 2000. The molecular formula is C41H35N5O2. The maximum absolute atomic E-state index is 13.5. The van der Waals surface area contributed by atoms with E-state index in [1.807, 2.05) is 54.7 Å². The molecule has 1 aromatic heterocycles. The third kappa shape index (κ3) is 5.09. The molecule has 0 saturated carbocycles. The van der Waals surface area contributed by atoms with Gasteiger partial charge in [-0.15, -0.1) is 0 Å². The number of benzene rings is 5. The molecule has 0 aliphatic carbocycles. The lowest BCUT2D eigenvalue weighted by Crippen LogP contribution is -2.40. The summed E-state index contributed by atoms with van der Waals surface area (Å²) >= 11 is 0. The van der Waals surface area contributed by atoms with Crippen molar-refractivity contribution in [2.45, 2.75) is 17.9 Å². The number of Topliss-reactive ketones (excluding diaryl/α,β-unsaturated/α-hetero) is 1. The van der Waals surface area contributed by atoms with Gasteiger partial charge >= 0.3 is 0 Å².